The molecule has 21 heavy (non-hydrogen) atoms. The van der Waals surface area contributed by atoms with Gasteiger partial charge in [-0.05, 0) is 29.7 Å². The number of thiophene rings is 1. The van der Waals surface area contributed by atoms with Gasteiger partial charge in [0.1, 0.15) is 11.6 Å². The van der Waals surface area contributed by atoms with E-state index in [2.05, 4.69) is 15.9 Å². The van der Waals surface area contributed by atoms with E-state index < -0.39 is 22.3 Å². The van der Waals surface area contributed by atoms with Crippen LogP contribution in [0.5, 0.6) is 0 Å². The highest BCUT2D eigenvalue weighted by molar-refractivity contribution is 9.09. The first-order valence-corrected chi connectivity index (χ1v) is 7.66. The fourth-order valence-corrected chi connectivity index (χ4v) is 3.89. The van der Waals surface area contributed by atoms with Gasteiger partial charge in [0.25, 0.3) is 0 Å². The fraction of sp³-hybridized carbons (Fsp3) is 0.0667. The Morgan fingerprint density at radius 3 is 2.33 bits per heavy atom. The Balaban J connectivity index is 2.07. The van der Waals surface area contributed by atoms with Crippen molar-refractivity contribution >= 4 is 37.4 Å². The minimum Gasteiger partial charge on any atom is -0.207 e. The first-order valence-electron chi connectivity index (χ1n) is 5.93. The van der Waals surface area contributed by atoms with E-state index in [0.717, 1.165) is 11.5 Å². The van der Waals surface area contributed by atoms with Crippen LogP contribution in [0.1, 0.15) is 15.3 Å². The molecule has 0 N–H and O–H groups in total. The summed E-state index contributed by atoms with van der Waals surface area (Å²) in [7, 11) is 0. The molecular formula is C15H7BrF4S. The van der Waals surface area contributed by atoms with Gasteiger partial charge in [-0.3, -0.25) is 0 Å². The van der Waals surface area contributed by atoms with Crippen LogP contribution in [0, 0.1) is 23.3 Å². The quantitative estimate of drug-likeness (QED) is 0.295. The fourth-order valence-electron chi connectivity index (χ4n) is 2.04. The SMILES string of the molecule is Fc1ccc2cc(C(Br)c3cc(F)c(F)cc3F)sc2c1. The van der Waals surface area contributed by atoms with Gasteiger partial charge in [-0.2, -0.15) is 0 Å². The zero-order valence-electron chi connectivity index (χ0n) is 10.3. The predicted molar refractivity (Wildman–Crippen MR) is 78.9 cm³/mol. The van der Waals surface area contributed by atoms with E-state index in [9.17, 15) is 17.6 Å². The number of benzene rings is 2. The standard InChI is InChI=1S/C15H7BrF4S/c16-15(9-5-11(19)12(20)6-10(9)18)14-3-7-1-2-8(17)4-13(7)21-14/h1-6,15H. The summed E-state index contributed by atoms with van der Waals surface area (Å²) in [5, 5.41) is 0.809. The van der Waals surface area contributed by atoms with E-state index >= 15 is 0 Å². The zero-order valence-corrected chi connectivity index (χ0v) is 12.7. The van der Waals surface area contributed by atoms with Gasteiger partial charge in [0.2, 0.25) is 0 Å². The molecule has 0 fully saturated rings. The van der Waals surface area contributed by atoms with Gasteiger partial charge in [0.05, 0.1) is 4.83 Å². The lowest BCUT2D eigenvalue weighted by molar-refractivity contribution is 0.491. The van der Waals surface area contributed by atoms with Crippen LogP contribution >= 0.6 is 27.3 Å². The van der Waals surface area contributed by atoms with Gasteiger partial charge in [0, 0.05) is 21.2 Å². The summed E-state index contributed by atoms with van der Waals surface area (Å²) >= 11 is 4.55. The van der Waals surface area contributed by atoms with Crippen molar-refractivity contribution in [2.24, 2.45) is 0 Å². The van der Waals surface area contributed by atoms with Crippen LogP contribution in [0.15, 0.2) is 36.4 Å². The zero-order chi connectivity index (χ0) is 15.1. The Morgan fingerprint density at radius 1 is 0.857 bits per heavy atom. The molecular weight excluding hydrogens is 368 g/mol. The molecule has 0 spiro atoms. The molecule has 0 saturated heterocycles. The summed E-state index contributed by atoms with van der Waals surface area (Å²) in [6.45, 7) is 0. The van der Waals surface area contributed by atoms with Gasteiger partial charge >= 0.3 is 0 Å². The van der Waals surface area contributed by atoms with Crippen LogP contribution in [0.3, 0.4) is 0 Å². The molecule has 0 aliphatic heterocycles. The molecule has 3 aromatic rings. The van der Waals surface area contributed by atoms with E-state index in [1.807, 2.05) is 0 Å². The number of hydrogen-bond donors (Lipinski definition) is 0. The van der Waals surface area contributed by atoms with E-state index in [1.54, 1.807) is 12.1 Å². The minimum absolute atomic E-state index is 0.000859. The number of fused-ring (bicyclic) bond motifs is 1. The molecule has 0 bridgehead atoms. The highest BCUT2D eigenvalue weighted by Crippen LogP contribution is 2.39. The molecule has 1 unspecified atom stereocenters. The maximum atomic E-state index is 13.8. The van der Waals surface area contributed by atoms with Gasteiger partial charge in [0.15, 0.2) is 11.6 Å². The molecule has 0 aliphatic rings. The van der Waals surface area contributed by atoms with Crippen molar-refractivity contribution in [3.8, 4) is 0 Å². The molecule has 0 saturated carbocycles. The van der Waals surface area contributed by atoms with Gasteiger partial charge < -0.3 is 0 Å². The molecule has 3 rings (SSSR count). The predicted octanol–water partition coefficient (Wildman–Crippen LogP) is 5.94. The van der Waals surface area contributed by atoms with Crippen molar-refractivity contribution in [2.75, 3.05) is 0 Å². The highest BCUT2D eigenvalue weighted by atomic mass is 79.9. The topological polar surface area (TPSA) is 0 Å². The molecule has 1 heterocycles. The van der Waals surface area contributed by atoms with Crippen molar-refractivity contribution in [3.63, 3.8) is 0 Å². The molecule has 6 heteroatoms. The lowest BCUT2D eigenvalue weighted by Crippen LogP contribution is -1.98. The molecule has 1 aromatic heterocycles. The average molecular weight is 375 g/mol. The second kappa shape index (κ2) is 5.42. The first kappa shape index (κ1) is 14.5. The summed E-state index contributed by atoms with van der Waals surface area (Å²) in [6, 6.07) is 7.44. The first-order chi connectivity index (χ1) is 9.95. The number of halogens is 5. The maximum absolute atomic E-state index is 13.8. The van der Waals surface area contributed by atoms with Crippen molar-refractivity contribution in [3.05, 3.63) is 70.1 Å². The molecule has 0 amide bonds. The third-order valence-electron chi connectivity index (χ3n) is 3.06. The minimum atomic E-state index is -1.23. The van der Waals surface area contributed by atoms with Crippen LogP contribution in [-0.4, -0.2) is 0 Å². The maximum Gasteiger partial charge on any atom is 0.161 e. The van der Waals surface area contributed by atoms with Crippen LogP contribution < -0.4 is 0 Å². The van der Waals surface area contributed by atoms with Crippen LogP contribution in [0.2, 0.25) is 0 Å². The lowest BCUT2D eigenvalue weighted by Gasteiger charge is -2.09. The third kappa shape index (κ3) is 2.70. The van der Waals surface area contributed by atoms with E-state index in [-0.39, 0.29) is 11.4 Å². The Bertz CT molecular complexity index is 828. The number of rotatable bonds is 2. The van der Waals surface area contributed by atoms with Crippen molar-refractivity contribution < 1.29 is 17.6 Å². The molecule has 0 radical (unpaired) electrons. The van der Waals surface area contributed by atoms with Crippen molar-refractivity contribution in [1.29, 1.82) is 0 Å². The highest BCUT2D eigenvalue weighted by Gasteiger charge is 2.20. The van der Waals surface area contributed by atoms with E-state index in [1.165, 1.54) is 23.5 Å². The lowest BCUT2D eigenvalue weighted by atomic mass is 10.1. The molecule has 0 aliphatic carbocycles. The Kier molecular flexibility index (Phi) is 3.75. The third-order valence-corrected chi connectivity index (χ3v) is 5.52. The Labute approximate surface area is 130 Å². The van der Waals surface area contributed by atoms with Gasteiger partial charge in [-0.25, -0.2) is 17.6 Å². The van der Waals surface area contributed by atoms with Crippen LogP contribution in [0.25, 0.3) is 10.1 Å². The van der Waals surface area contributed by atoms with Crippen molar-refractivity contribution in [2.45, 2.75) is 4.83 Å². The number of hydrogen-bond acceptors (Lipinski definition) is 1. The summed E-state index contributed by atoms with van der Waals surface area (Å²) < 4.78 is 53.9. The molecule has 108 valence electrons. The van der Waals surface area contributed by atoms with Gasteiger partial charge in [-0.15, -0.1) is 11.3 Å². The van der Waals surface area contributed by atoms with E-state index in [0.29, 0.717) is 15.6 Å². The average Bonchev–Trinajstić information content (AvgIpc) is 2.85. The van der Waals surface area contributed by atoms with Crippen LogP contribution in [-0.2, 0) is 0 Å². The summed E-state index contributed by atoms with van der Waals surface area (Å²) in [4.78, 5) is 0.0496. The molecule has 1 atom stereocenters. The second-order valence-electron chi connectivity index (χ2n) is 4.48. The normalized spacial score (nSPS) is 12.8. The monoisotopic (exact) mass is 374 g/mol. The second-order valence-corrected chi connectivity index (χ2v) is 6.51. The summed E-state index contributed by atoms with van der Waals surface area (Å²) in [5.41, 5.74) is 0.000859. The molecule has 0 nitrogen and oxygen atoms in total. The smallest absolute Gasteiger partial charge is 0.161 e. The largest absolute Gasteiger partial charge is 0.207 e. The Hall–Kier alpha value is -1.40. The Morgan fingerprint density at radius 2 is 1.57 bits per heavy atom. The van der Waals surface area contributed by atoms with Gasteiger partial charge in [-0.1, -0.05) is 22.0 Å². The summed E-state index contributed by atoms with van der Waals surface area (Å²) in [6.07, 6.45) is 0. The van der Waals surface area contributed by atoms with Crippen LogP contribution in [0.4, 0.5) is 17.6 Å². The molecule has 2 aromatic carbocycles. The van der Waals surface area contributed by atoms with Crippen molar-refractivity contribution in [1.82, 2.24) is 0 Å². The van der Waals surface area contributed by atoms with E-state index in [4.69, 9.17) is 0 Å². The summed E-state index contributed by atoms with van der Waals surface area (Å²) in [5.74, 6) is -3.53. The number of alkyl halides is 1.